The molecule has 1 N–H and O–H groups in total. The van der Waals surface area contributed by atoms with Crippen LogP contribution < -0.4 is 4.43 Å². The minimum Gasteiger partial charge on any atom is -0.544 e. The largest absolute Gasteiger partial charge is 0.544 e. The van der Waals surface area contributed by atoms with Gasteiger partial charge in [0.25, 0.3) is 0 Å². The van der Waals surface area contributed by atoms with E-state index in [0.717, 1.165) is 11.3 Å². The smallest absolute Gasteiger partial charge is 0.250 e. The maximum atomic E-state index is 9.63. The third-order valence-corrected chi connectivity index (χ3v) is 7.98. The number of rotatable bonds is 4. The molecule has 0 radical (unpaired) electrons. The molecule has 0 spiro atoms. The van der Waals surface area contributed by atoms with Crippen molar-refractivity contribution in [2.24, 2.45) is 0 Å². The lowest BCUT2D eigenvalue weighted by Gasteiger charge is -2.36. The van der Waals surface area contributed by atoms with Crippen LogP contribution in [0.1, 0.15) is 32.4 Å². The second-order valence-electron chi connectivity index (χ2n) is 6.11. The average Bonchev–Trinajstić information content (AvgIpc) is 2.27. The molecule has 0 aliphatic carbocycles. The van der Waals surface area contributed by atoms with Crippen molar-refractivity contribution in [3.05, 3.63) is 42.5 Å². The summed E-state index contributed by atoms with van der Waals surface area (Å²) < 4.78 is 6.17. The molecular formula is C15H24O2Si. The first-order valence-corrected chi connectivity index (χ1v) is 9.18. The minimum absolute atomic E-state index is 0.187. The van der Waals surface area contributed by atoms with Crippen molar-refractivity contribution in [1.29, 1.82) is 0 Å². The third-order valence-electron chi connectivity index (χ3n) is 3.62. The van der Waals surface area contributed by atoms with Crippen LogP contribution in [0.2, 0.25) is 18.1 Å². The van der Waals surface area contributed by atoms with E-state index in [9.17, 15) is 5.11 Å². The highest BCUT2D eigenvalue weighted by Crippen LogP contribution is 2.37. The van der Waals surface area contributed by atoms with Crippen molar-refractivity contribution < 1.29 is 9.53 Å². The molecule has 3 heteroatoms. The molecule has 0 unspecified atom stereocenters. The topological polar surface area (TPSA) is 29.5 Å². The summed E-state index contributed by atoms with van der Waals surface area (Å²) in [4.78, 5) is 0. The van der Waals surface area contributed by atoms with Crippen molar-refractivity contribution >= 4 is 8.32 Å². The van der Waals surface area contributed by atoms with Gasteiger partial charge in [-0.1, -0.05) is 39.0 Å². The first-order chi connectivity index (χ1) is 8.17. The van der Waals surface area contributed by atoms with Gasteiger partial charge in [-0.15, -0.1) is 6.58 Å². The van der Waals surface area contributed by atoms with Crippen LogP contribution in [-0.4, -0.2) is 13.4 Å². The zero-order chi connectivity index (χ0) is 14.0. The van der Waals surface area contributed by atoms with Crippen LogP contribution in [0.25, 0.3) is 0 Å². The van der Waals surface area contributed by atoms with Crippen LogP contribution in [0.15, 0.2) is 36.9 Å². The summed E-state index contributed by atoms with van der Waals surface area (Å²) in [5.74, 6) is 0.876. The molecule has 1 aromatic carbocycles. The van der Waals surface area contributed by atoms with Gasteiger partial charge >= 0.3 is 0 Å². The molecule has 0 aromatic heterocycles. The van der Waals surface area contributed by atoms with Gasteiger partial charge in [0.05, 0.1) is 6.10 Å². The molecule has 1 rings (SSSR count). The van der Waals surface area contributed by atoms with Crippen LogP contribution in [0.4, 0.5) is 0 Å². The predicted octanol–water partition coefficient (Wildman–Crippen LogP) is 4.29. The van der Waals surface area contributed by atoms with E-state index in [0.29, 0.717) is 0 Å². The number of aliphatic hydroxyl groups is 1. The number of hydrogen-bond donors (Lipinski definition) is 1. The Morgan fingerprint density at radius 1 is 1.22 bits per heavy atom. The van der Waals surface area contributed by atoms with Crippen molar-refractivity contribution in [2.75, 3.05) is 0 Å². The first kappa shape index (κ1) is 15.0. The van der Waals surface area contributed by atoms with Gasteiger partial charge in [-0.2, -0.15) is 0 Å². The fraction of sp³-hybridized carbons (Fsp3) is 0.467. The first-order valence-electron chi connectivity index (χ1n) is 6.27. The van der Waals surface area contributed by atoms with Gasteiger partial charge < -0.3 is 9.53 Å². The van der Waals surface area contributed by atoms with Crippen molar-refractivity contribution in [1.82, 2.24) is 0 Å². The van der Waals surface area contributed by atoms with Crippen LogP contribution >= 0.6 is 0 Å². The molecule has 0 fully saturated rings. The van der Waals surface area contributed by atoms with E-state index in [1.165, 1.54) is 6.08 Å². The molecule has 0 bridgehead atoms. The molecule has 1 atom stereocenters. The predicted molar refractivity (Wildman–Crippen MR) is 79.4 cm³/mol. The van der Waals surface area contributed by atoms with Gasteiger partial charge in [-0.3, -0.25) is 0 Å². The Labute approximate surface area is 111 Å². The summed E-state index contributed by atoms with van der Waals surface area (Å²) in [6.45, 7) is 14.7. The molecule has 0 heterocycles. The maximum absolute atomic E-state index is 9.63. The Hall–Kier alpha value is -1.06. The number of aliphatic hydroxyl groups excluding tert-OH is 1. The molecule has 18 heavy (non-hydrogen) atoms. The van der Waals surface area contributed by atoms with E-state index in [1.54, 1.807) is 0 Å². The Bertz CT molecular complexity index is 401. The van der Waals surface area contributed by atoms with E-state index in [-0.39, 0.29) is 5.04 Å². The summed E-state index contributed by atoms with van der Waals surface area (Å²) >= 11 is 0. The van der Waals surface area contributed by atoms with Crippen molar-refractivity contribution in [3.63, 3.8) is 0 Å². The van der Waals surface area contributed by atoms with Gasteiger partial charge in [0.15, 0.2) is 0 Å². The highest BCUT2D eigenvalue weighted by atomic mass is 28.4. The van der Waals surface area contributed by atoms with Crippen molar-refractivity contribution in [3.8, 4) is 5.75 Å². The standard InChI is InChI=1S/C15H24O2Si/c1-7-14(16)12-8-10-13(11-9-12)17-18(5,6)15(2,3)4/h7-11,14,16H,1H2,2-6H3/t14-/m0/s1. The SMILES string of the molecule is C=C[C@H](O)c1ccc(O[Si](C)(C)C(C)(C)C)cc1. The third kappa shape index (κ3) is 3.46. The Morgan fingerprint density at radius 2 is 1.72 bits per heavy atom. The fourth-order valence-electron chi connectivity index (χ4n) is 1.32. The van der Waals surface area contributed by atoms with Gasteiger partial charge in [0, 0.05) is 0 Å². The second-order valence-corrected chi connectivity index (χ2v) is 10.8. The molecule has 1 aromatic rings. The Kier molecular flexibility index (Phi) is 4.40. The molecule has 0 amide bonds. The molecule has 0 aliphatic heterocycles. The summed E-state index contributed by atoms with van der Waals surface area (Å²) in [5, 5.41) is 9.82. The lowest BCUT2D eigenvalue weighted by atomic mass is 10.1. The maximum Gasteiger partial charge on any atom is 0.250 e. The zero-order valence-electron chi connectivity index (χ0n) is 12.0. The summed E-state index contributed by atoms with van der Waals surface area (Å²) in [6, 6.07) is 7.61. The minimum atomic E-state index is -1.78. The normalized spacial score (nSPS) is 14.1. The number of benzene rings is 1. The highest BCUT2D eigenvalue weighted by Gasteiger charge is 2.38. The molecule has 100 valence electrons. The van der Waals surface area contributed by atoms with Crippen LogP contribution in [-0.2, 0) is 0 Å². The van der Waals surface area contributed by atoms with E-state index >= 15 is 0 Å². The second kappa shape index (κ2) is 5.29. The van der Waals surface area contributed by atoms with Crippen LogP contribution in [0.5, 0.6) is 5.75 Å². The monoisotopic (exact) mass is 264 g/mol. The average molecular weight is 264 g/mol. The van der Waals surface area contributed by atoms with Gasteiger partial charge in [0.2, 0.25) is 8.32 Å². The molecule has 0 saturated heterocycles. The summed E-state index contributed by atoms with van der Waals surface area (Å²) in [6.07, 6.45) is 0.913. The van der Waals surface area contributed by atoms with Gasteiger partial charge in [0.1, 0.15) is 5.75 Å². The molecule has 2 nitrogen and oxygen atoms in total. The quantitative estimate of drug-likeness (QED) is 0.649. The molecule has 0 aliphatic rings. The Balaban J connectivity index is 2.85. The fourth-order valence-corrected chi connectivity index (χ4v) is 2.35. The summed E-state index contributed by atoms with van der Waals surface area (Å²) in [5.41, 5.74) is 0.840. The van der Waals surface area contributed by atoms with Gasteiger partial charge in [-0.05, 0) is 35.8 Å². The van der Waals surface area contributed by atoms with E-state index in [2.05, 4.69) is 40.4 Å². The van der Waals surface area contributed by atoms with E-state index in [1.807, 2.05) is 24.3 Å². The lowest BCUT2D eigenvalue weighted by Crippen LogP contribution is -2.43. The van der Waals surface area contributed by atoms with Crippen molar-refractivity contribution in [2.45, 2.75) is 45.0 Å². The molecular weight excluding hydrogens is 240 g/mol. The number of hydrogen-bond acceptors (Lipinski definition) is 2. The van der Waals surface area contributed by atoms with Crippen LogP contribution in [0.3, 0.4) is 0 Å². The Morgan fingerprint density at radius 3 is 2.11 bits per heavy atom. The lowest BCUT2D eigenvalue weighted by molar-refractivity contribution is 0.229. The van der Waals surface area contributed by atoms with E-state index in [4.69, 9.17) is 4.43 Å². The zero-order valence-corrected chi connectivity index (χ0v) is 13.0. The molecule has 0 saturated carbocycles. The van der Waals surface area contributed by atoms with E-state index < -0.39 is 14.4 Å². The van der Waals surface area contributed by atoms with Crippen LogP contribution in [0, 0.1) is 0 Å². The summed E-state index contributed by atoms with van der Waals surface area (Å²) in [7, 11) is -1.78. The van der Waals surface area contributed by atoms with Gasteiger partial charge in [-0.25, -0.2) is 0 Å². The highest BCUT2D eigenvalue weighted by molar-refractivity contribution is 6.74.